The highest BCUT2D eigenvalue weighted by Crippen LogP contribution is 2.34. The lowest BCUT2D eigenvalue weighted by Gasteiger charge is -2.36. The molecule has 0 unspecified atom stereocenters. The first-order valence-electron chi connectivity index (χ1n) is 5.45. The number of aliphatic hydroxyl groups is 1. The maximum Gasteiger partial charge on any atom is 0.129 e. The van der Waals surface area contributed by atoms with E-state index in [-0.39, 0.29) is 6.61 Å². The molecule has 0 bridgehead atoms. The van der Waals surface area contributed by atoms with Gasteiger partial charge in [-0.3, -0.25) is 0 Å². The van der Waals surface area contributed by atoms with Gasteiger partial charge in [0.15, 0.2) is 0 Å². The van der Waals surface area contributed by atoms with Crippen LogP contribution in [0.15, 0.2) is 18.2 Å². The zero-order valence-corrected chi connectivity index (χ0v) is 8.97. The second kappa shape index (κ2) is 4.47. The van der Waals surface area contributed by atoms with Crippen molar-refractivity contribution in [2.75, 3.05) is 19.7 Å². The molecule has 1 aromatic rings. The highest BCUT2D eigenvalue weighted by Gasteiger charge is 2.35. The van der Waals surface area contributed by atoms with Gasteiger partial charge in [0.1, 0.15) is 11.6 Å². The van der Waals surface area contributed by atoms with Crippen LogP contribution >= 0.6 is 0 Å². The van der Waals surface area contributed by atoms with Crippen LogP contribution in [0, 0.1) is 11.6 Å². The van der Waals surface area contributed by atoms with Crippen molar-refractivity contribution in [1.29, 1.82) is 0 Å². The van der Waals surface area contributed by atoms with Gasteiger partial charge in [0, 0.05) is 11.5 Å². The predicted molar refractivity (Wildman–Crippen MR) is 57.2 cm³/mol. The fourth-order valence-corrected chi connectivity index (χ4v) is 2.34. The molecular formula is C12H15F2NO. The summed E-state index contributed by atoms with van der Waals surface area (Å²) in [7, 11) is 0. The van der Waals surface area contributed by atoms with Gasteiger partial charge in [0.2, 0.25) is 0 Å². The van der Waals surface area contributed by atoms with E-state index >= 15 is 0 Å². The van der Waals surface area contributed by atoms with Gasteiger partial charge in [-0.15, -0.1) is 0 Å². The highest BCUT2D eigenvalue weighted by atomic mass is 19.1. The van der Waals surface area contributed by atoms with E-state index in [1.807, 2.05) is 0 Å². The molecule has 0 spiro atoms. The smallest absolute Gasteiger partial charge is 0.129 e. The first kappa shape index (κ1) is 11.5. The number of benzene rings is 1. The molecule has 0 radical (unpaired) electrons. The average Bonchev–Trinajstić information content (AvgIpc) is 2.30. The number of aliphatic hydroxyl groups excluding tert-OH is 1. The molecule has 1 saturated heterocycles. The van der Waals surface area contributed by atoms with E-state index in [4.69, 9.17) is 0 Å². The Morgan fingerprint density at radius 3 is 2.50 bits per heavy atom. The van der Waals surface area contributed by atoms with Gasteiger partial charge in [-0.1, -0.05) is 6.07 Å². The van der Waals surface area contributed by atoms with E-state index in [9.17, 15) is 13.9 Å². The summed E-state index contributed by atoms with van der Waals surface area (Å²) in [4.78, 5) is 0. The number of hydrogen-bond donors (Lipinski definition) is 2. The third-order valence-electron chi connectivity index (χ3n) is 3.37. The monoisotopic (exact) mass is 227 g/mol. The molecule has 88 valence electrons. The SMILES string of the molecule is OCC1(c2ccc(F)cc2F)CCNCC1. The van der Waals surface area contributed by atoms with Crippen molar-refractivity contribution in [3.8, 4) is 0 Å². The number of rotatable bonds is 2. The number of halogens is 2. The standard InChI is InChI=1S/C12H15F2NO/c13-9-1-2-10(11(14)7-9)12(8-16)3-5-15-6-4-12/h1-2,7,15-16H,3-6,8H2. The Morgan fingerprint density at radius 2 is 1.94 bits per heavy atom. The van der Waals surface area contributed by atoms with Gasteiger partial charge in [-0.2, -0.15) is 0 Å². The van der Waals surface area contributed by atoms with E-state index in [0.717, 1.165) is 19.2 Å². The zero-order chi connectivity index (χ0) is 11.6. The Bertz CT molecular complexity index is 375. The quantitative estimate of drug-likeness (QED) is 0.804. The summed E-state index contributed by atoms with van der Waals surface area (Å²) >= 11 is 0. The van der Waals surface area contributed by atoms with E-state index in [0.29, 0.717) is 18.4 Å². The molecule has 0 atom stereocenters. The lowest BCUT2D eigenvalue weighted by atomic mass is 9.73. The Morgan fingerprint density at radius 1 is 1.25 bits per heavy atom. The maximum absolute atomic E-state index is 13.7. The number of hydrogen-bond acceptors (Lipinski definition) is 2. The molecule has 1 aliphatic heterocycles. The van der Waals surface area contributed by atoms with Gasteiger partial charge < -0.3 is 10.4 Å². The summed E-state index contributed by atoms with van der Waals surface area (Å²) in [5, 5.41) is 12.7. The number of nitrogens with one attached hydrogen (secondary N) is 1. The van der Waals surface area contributed by atoms with Crippen molar-refractivity contribution in [3.05, 3.63) is 35.4 Å². The van der Waals surface area contributed by atoms with Crippen molar-refractivity contribution >= 4 is 0 Å². The molecule has 2 nitrogen and oxygen atoms in total. The van der Waals surface area contributed by atoms with Gasteiger partial charge in [0.05, 0.1) is 6.61 Å². The van der Waals surface area contributed by atoms with E-state index < -0.39 is 17.0 Å². The second-order valence-electron chi connectivity index (χ2n) is 4.31. The van der Waals surface area contributed by atoms with Crippen LogP contribution < -0.4 is 5.32 Å². The molecule has 4 heteroatoms. The van der Waals surface area contributed by atoms with Crippen LogP contribution in [-0.4, -0.2) is 24.8 Å². The third kappa shape index (κ3) is 1.95. The molecule has 0 saturated carbocycles. The van der Waals surface area contributed by atoms with Gasteiger partial charge >= 0.3 is 0 Å². The third-order valence-corrected chi connectivity index (χ3v) is 3.37. The fraction of sp³-hybridized carbons (Fsp3) is 0.500. The minimum absolute atomic E-state index is 0.1000. The molecule has 0 aromatic heterocycles. The molecule has 0 amide bonds. The first-order chi connectivity index (χ1) is 7.68. The average molecular weight is 227 g/mol. The van der Waals surface area contributed by atoms with Crippen LogP contribution in [0.1, 0.15) is 18.4 Å². The Kier molecular flexibility index (Phi) is 3.21. The summed E-state index contributed by atoms with van der Waals surface area (Å²) in [6, 6.07) is 3.58. The molecule has 1 fully saturated rings. The molecule has 16 heavy (non-hydrogen) atoms. The van der Waals surface area contributed by atoms with Gasteiger partial charge in [-0.05, 0) is 37.6 Å². The van der Waals surface area contributed by atoms with Crippen molar-refractivity contribution in [3.63, 3.8) is 0 Å². The molecule has 1 aromatic carbocycles. The van der Waals surface area contributed by atoms with E-state index in [2.05, 4.69) is 5.32 Å². The van der Waals surface area contributed by atoms with Crippen LogP contribution in [0.25, 0.3) is 0 Å². The topological polar surface area (TPSA) is 32.3 Å². The first-order valence-corrected chi connectivity index (χ1v) is 5.45. The molecule has 0 aliphatic carbocycles. The molecule has 1 heterocycles. The highest BCUT2D eigenvalue weighted by molar-refractivity contribution is 5.28. The van der Waals surface area contributed by atoms with Crippen LogP contribution in [0.3, 0.4) is 0 Å². The molecule has 1 aliphatic rings. The van der Waals surface area contributed by atoms with E-state index in [1.165, 1.54) is 12.1 Å². The predicted octanol–water partition coefficient (Wildman–Crippen LogP) is 1.58. The Balaban J connectivity index is 2.39. The fourth-order valence-electron chi connectivity index (χ4n) is 2.34. The van der Waals surface area contributed by atoms with Crippen molar-refractivity contribution in [2.45, 2.75) is 18.3 Å². The maximum atomic E-state index is 13.7. The normalized spacial score (nSPS) is 19.7. The summed E-state index contributed by atoms with van der Waals surface area (Å²) in [6.45, 7) is 1.39. The summed E-state index contributed by atoms with van der Waals surface area (Å²) < 4.78 is 26.5. The van der Waals surface area contributed by atoms with Crippen molar-refractivity contribution in [2.24, 2.45) is 0 Å². The second-order valence-corrected chi connectivity index (χ2v) is 4.31. The summed E-state index contributed by atoms with van der Waals surface area (Å²) in [5.41, 5.74) is -0.124. The molecule has 2 N–H and O–H groups in total. The summed E-state index contributed by atoms with van der Waals surface area (Å²) in [6.07, 6.45) is 1.35. The van der Waals surface area contributed by atoms with Crippen molar-refractivity contribution in [1.82, 2.24) is 5.32 Å². The minimum atomic E-state index is -0.580. The van der Waals surface area contributed by atoms with Gasteiger partial charge in [0.25, 0.3) is 0 Å². The Hall–Kier alpha value is -1.00. The zero-order valence-electron chi connectivity index (χ0n) is 8.97. The lowest BCUT2D eigenvalue weighted by molar-refractivity contribution is 0.154. The lowest BCUT2D eigenvalue weighted by Crippen LogP contribution is -2.43. The van der Waals surface area contributed by atoms with Crippen LogP contribution in [0.5, 0.6) is 0 Å². The van der Waals surface area contributed by atoms with E-state index in [1.54, 1.807) is 0 Å². The molecular weight excluding hydrogens is 212 g/mol. The largest absolute Gasteiger partial charge is 0.395 e. The minimum Gasteiger partial charge on any atom is -0.395 e. The van der Waals surface area contributed by atoms with Crippen LogP contribution in [0.2, 0.25) is 0 Å². The Labute approximate surface area is 93.3 Å². The van der Waals surface area contributed by atoms with Gasteiger partial charge in [-0.25, -0.2) is 8.78 Å². The molecule has 2 rings (SSSR count). The summed E-state index contributed by atoms with van der Waals surface area (Å²) in [5.74, 6) is -1.14. The number of piperidine rings is 1. The van der Waals surface area contributed by atoms with Crippen LogP contribution in [0.4, 0.5) is 8.78 Å². The van der Waals surface area contributed by atoms with Crippen molar-refractivity contribution < 1.29 is 13.9 Å². The van der Waals surface area contributed by atoms with Crippen LogP contribution in [-0.2, 0) is 5.41 Å².